The van der Waals surface area contributed by atoms with Gasteiger partial charge in [0.2, 0.25) is 0 Å². The molecule has 1 unspecified atom stereocenters. The Kier molecular flexibility index (Phi) is 6.84. The zero-order valence-electron chi connectivity index (χ0n) is 19.0. The van der Waals surface area contributed by atoms with E-state index in [4.69, 9.17) is 21.7 Å². The lowest BCUT2D eigenvalue weighted by molar-refractivity contribution is -0.143. The molecule has 180 valence electrons. The number of likely N-dealkylation sites (tertiary alicyclic amines) is 1. The van der Waals surface area contributed by atoms with E-state index < -0.39 is 23.6 Å². The van der Waals surface area contributed by atoms with E-state index in [0.717, 1.165) is 0 Å². The molecule has 1 aliphatic heterocycles. The zero-order chi connectivity index (χ0) is 24.6. The second-order valence-corrected chi connectivity index (χ2v) is 9.28. The van der Waals surface area contributed by atoms with Crippen molar-refractivity contribution >= 4 is 29.2 Å². The van der Waals surface area contributed by atoms with Crippen molar-refractivity contribution in [2.24, 2.45) is 5.92 Å². The number of carboxylic acids is 1. The Labute approximate surface area is 201 Å². The van der Waals surface area contributed by atoms with Crippen LogP contribution in [0.15, 0.2) is 18.2 Å². The second kappa shape index (κ2) is 9.66. The zero-order valence-corrected chi connectivity index (χ0v) is 19.7. The highest BCUT2D eigenvalue weighted by Crippen LogP contribution is 2.32. The maximum Gasteiger partial charge on any atom is 0.306 e. The van der Waals surface area contributed by atoms with E-state index in [-0.39, 0.29) is 36.4 Å². The van der Waals surface area contributed by atoms with Gasteiger partial charge in [0.1, 0.15) is 17.4 Å². The number of aryl methyl sites for hydroxylation is 2. The van der Waals surface area contributed by atoms with Gasteiger partial charge in [0.15, 0.2) is 0 Å². The number of halogens is 2. The Hall–Kier alpha value is -3.07. The van der Waals surface area contributed by atoms with Crippen LogP contribution in [0.4, 0.5) is 4.39 Å². The normalized spacial score (nSPS) is 22.6. The van der Waals surface area contributed by atoms with E-state index in [1.165, 1.54) is 23.1 Å². The molecule has 1 amide bonds. The van der Waals surface area contributed by atoms with Gasteiger partial charge in [0.05, 0.1) is 46.5 Å². The molecule has 1 aliphatic carbocycles. The lowest BCUT2D eigenvalue weighted by Gasteiger charge is -2.28. The van der Waals surface area contributed by atoms with Crippen molar-refractivity contribution in [1.29, 1.82) is 5.41 Å². The number of ether oxygens (including phenoxy) is 1. The summed E-state index contributed by atoms with van der Waals surface area (Å²) < 4.78 is 20.0. The molecular weight excluding hydrogens is 463 g/mol. The van der Waals surface area contributed by atoms with Crippen molar-refractivity contribution in [2.75, 3.05) is 13.1 Å². The number of carboxylic acid groups (broad SMARTS) is 1. The average Bonchev–Trinajstić information content (AvgIpc) is 3.19. The van der Waals surface area contributed by atoms with Crippen LogP contribution in [0.25, 0.3) is 0 Å². The van der Waals surface area contributed by atoms with Crippen molar-refractivity contribution < 1.29 is 23.8 Å². The molecule has 2 N–H and O–H groups in total. The smallest absolute Gasteiger partial charge is 0.306 e. The summed E-state index contributed by atoms with van der Waals surface area (Å²) in [5.74, 6) is -1.99. The molecule has 2 heterocycles. The summed E-state index contributed by atoms with van der Waals surface area (Å²) >= 11 is 6.17. The summed E-state index contributed by atoms with van der Waals surface area (Å²) in [6.07, 6.45) is 1.70. The van der Waals surface area contributed by atoms with Crippen LogP contribution in [0.5, 0.6) is 5.75 Å². The van der Waals surface area contributed by atoms with E-state index in [9.17, 15) is 19.1 Å². The van der Waals surface area contributed by atoms with Gasteiger partial charge in [-0.1, -0.05) is 11.6 Å². The summed E-state index contributed by atoms with van der Waals surface area (Å²) in [6, 6.07) is 3.78. The number of hydrogen-bond acceptors (Lipinski definition) is 6. The molecule has 0 spiro atoms. The molecule has 4 rings (SSSR count). The number of rotatable bonds is 5. The fraction of sp³-hybridized carbons (Fsp3) is 0.458. The maximum absolute atomic E-state index is 14.0. The van der Waals surface area contributed by atoms with Crippen LogP contribution in [-0.4, -0.2) is 56.8 Å². The van der Waals surface area contributed by atoms with Crippen molar-refractivity contribution in [3.63, 3.8) is 0 Å². The van der Waals surface area contributed by atoms with E-state index >= 15 is 0 Å². The van der Waals surface area contributed by atoms with E-state index in [0.29, 0.717) is 53.6 Å². The number of hydrogen-bond donors (Lipinski definition) is 2. The highest BCUT2D eigenvalue weighted by molar-refractivity contribution is 6.31. The first-order valence-electron chi connectivity index (χ1n) is 11.2. The lowest BCUT2D eigenvalue weighted by atomic mass is 9.87. The second-order valence-electron chi connectivity index (χ2n) is 8.90. The minimum atomic E-state index is -0.818. The van der Waals surface area contributed by atoms with Crippen LogP contribution in [0, 0.1) is 31.0 Å². The lowest BCUT2D eigenvalue weighted by Crippen LogP contribution is -2.31. The Morgan fingerprint density at radius 1 is 1.18 bits per heavy atom. The predicted molar refractivity (Wildman–Crippen MR) is 123 cm³/mol. The van der Waals surface area contributed by atoms with Crippen LogP contribution in [0.1, 0.15) is 59.2 Å². The van der Waals surface area contributed by atoms with Crippen LogP contribution in [-0.2, 0) is 4.79 Å². The first-order chi connectivity index (χ1) is 16.1. The van der Waals surface area contributed by atoms with Gasteiger partial charge in [-0.3, -0.25) is 9.59 Å². The molecule has 1 atom stereocenters. The molecule has 1 saturated carbocycles. The van der Waals surface area contributed by atoms with Gasteiger partial charge in [-0.25, -0.2) is 14.4 Å². The topological polar surface area (TPSA) is 116 Å². The van der Waals surface area contributed by atoms with Gasteiger partial charge in [-0.2, -0.15) is 0 Å². The molecule has 2 fully saturated rings. The third kappa shape index (κ3) is 4.89. The molecular formula is C24H26ClFN4O4. The van der Waals surface area contributed by atoms with E-state index in [2.05, 4.69) is 9.97 Å². The fourth-order valence-corrected chi connectivity index (χ4v) is 4.62. The first-order valence-corrected chi connectivity index (χ1v) is 11.6. The molecule has 8 nitrogen and oxygen atoms in total. The summed E-state index contributed by atoms with van der Waals surface area (Å²) in [5, 5.41) is 18.1. The van der Waals surface area contributed by atoms with Gasteiger partial charge >= 0.3 is 5.97 Å². The molecule has 34 heavy (non-hydrogen) atoms. The Morgan fingerprint density at radius 2 is 1.82 bits per heavy atom. The molecule has 2 aliphatic rings. The summed E-state index contributed by atoms with van der Waals surface area (Å²) in [5.41, 5.74) is 1.76. The number of nitrogens with one attached hydrogen (secondary N) is 1. The molecule has 1 saturated heterocycles. The predicted octanol–water partition coefficient (Wildman–Crippen LogP) is 4.17. The third-order valence-corrected chi connectivity index (χ3v) is 7.02. The van der Waals surface area contributed by atoms with Crippen LogP contribution >= 0.6 is 11.6 Å². The number of aliphatic carboxylic acids is 1. The largest absolute Gasteiger partial charge is 0.489 e. The van der Waals surface area contributed by atoms with Crippen LogP contribution < -0.4 is 4.74 Å². The number of carbonyl (C=O) groups excluding carboxylic acids is 1. The Bertz CT molecular complexity index is 1130. The van der Waals surface area contributed by atoms with Gasteiger partial charge in [-0.15, -0.1) is 0 Å². The molecule has 1 aromatic heterocycles. The number of nitrogens with zero attached hydrogens (tertiary/aromatic N) is 3. The number of amides is 1. The minimum absolute atomic E-state index is 0.105. The third-order valence-electron chi connectivity index (χ3n) is 6.47. The maximum atomic E-state index is 14.0. The Morgan fingerprint density at radius 3 is 2.44 bits per heavy atom. The highest BCUT2D eigenvalue weighted by Gasteiger charge is 2.36. The number of benzene rings is 1. The van der Waals surface area contributed by atoms with Crippen molar-refractivity contribution in [2.45, 2.75) is 51.6 Å². The highest BCUT2D eigenvalue weighted by atomic mass is 35.5. The van der Waals surface area contributed by atoms with Crippen molar-refractivity contribution in [3.05, 3.63) is 51.8 Å². The number of aromatic nitrogens is 2. The van der Waals surface area contributed by atoms with Crippen LogP contribution in [0.3, 0.4) is 0 Å². The fourth-order valence-electron chi connectivity index (χ4n) is 4.54. The number of carbonyl (C=O) groups is 2. The van der Waals surface area contributed by atoms with Gasteiger partial charge < -0.3 is 20.2 Å². The Balaban J connectivity index is 1.51. The van der Waals surface area contributed by atoms with E-state index in [1.807, 2.05) is 0 Å². The average molecular weight is 489 g/mol. The first kappa shape index (κ1) is 24.1. The quantitative estimate of drug-likeness (QED) is 0.652. The monoisotopic (exact) mass is 488 g/mol. The van der Waals surface area contributed by atoms with Crippen molar-refractivity contribution in [1.82, 2.24) is 14.9 Å². The van der Waals surface area contributed by atoms with Gasteiger partial charge in [0.25, 0.3) is 5.91 Å². The van der Waals surface area contributed by atoms with Crippen molar-refractivity contribution in [3.8, 4) is 5.75 Å². The van der Waals surface area contributed by atoms with Gasteiger partial charge in [0, 0.05) is 18.3 Å². The summed E-state index contributed by atoms with van der Waals surface area (Å²) in [4.78, 5) is 34.9. The standard InChI is InChI=1S/C24H26ClFN4O4/c1-12-21(25)13(2)29-22(28-12)18-10-30(11-19(18)27)23(31)17-8-5-15(26)9-20(17)34-16-6-3-14(4-7-16)24(32)33/h5,8-9,14,16,18,27H,3-4,6-7,10-11H2,1-2H3,(H,32,33). The molecule has 1 aromatic carbocycles. The summed E-state index contributed by atoms with van der Waals surface area (Å²) in [7, 11) is 0. The van der Waals surface area contributed by atoms with Crippen LogP contribution in [0.2, 0.25) is 5.02 Å². The van der Waals surface area contributed by atoms with E-state index in [1.54, 1.807) is 13.8 Å². The molecule has 10 heteroatoms. The van der Waals surface area contributed by atoms with Gasteiger partial charge in [-0.05, 0) is 51.7 Å². The SMILES string of the molecule is Cc1nc(C2CN(C(=O)c3ccc(F)cc3OC3CCC(C(=O)O)CC3)CC2=N)nc(C)c1Cl. The minimum Gasteiger partial charge on any atom is -0.489 e. The molecule has 0 radical (unpaired) electrons. The molecule has 0 bridgehead atoms. The molecule has 2 aromatic rings. The summed E-state index contributed by atoms with van der Waals surface area (Å²) in [6.45, 7) is 3.87.